The van der Waals surface area contributed by atoms with Gasteiger partial charge in [0.1, 0.15) is 0 Å². The van der Waals surface area contributed by atoms with Crippen LogP contribution in [0.2, 0.25) is 0 Å². The molecule has 0 heterocycles. The van der Waals surface area contributed by atoms with Crippen molar-refractivity contribution in [1.82, 2.24) is 5.32 Å². The smallest absolute Gasteiger partial charge is 0.254 e. The van der Waals surface area contributed by atoms with Crippen LogP contribution in [-0.4, -0.2) is 17.1 Å². The second kappa shape index (κ2) is 5.26. The molecule has 2 N–H and O–H groups in total. The Hall–Kier alpha value is -2.27. The van der Waals surface area contributed by atoms with Gasteiger partial charge in [-0.05, 0) is 23.3 Å². The van der Waals surface area contributed by atoms with Gasteiger partial charge in [-0.1, -0.05) is 30.3 Å². The van der Waals surface area contributed by atoms with E-state index in [1.165, 1.54) is 12.1 Å². The third-order valence-corrected chi connectivity index (χ3v) is 3.69. The largest absolute Gasteiger partial charge is 0.390 e. The van der Waals surface area contributed by atoms with Crippen molar-refractivity contribution in [1.29, 1.82) is 0 Å². The minimum atomic E-state index is -1.18. The number of hydrogen-bond donors (Lipinski definition) is 2. The predicted molar refractivity (Wildman–Crippen MR) is 72.7 cm³/mol. The maximum Gasteiger partial charge on any atom is 0.254 e. The van der Waals surface area contributed by atoms with Crippen molar-refractivity contribution < 1.29 is 18.7 Å². The number of carbonyl (C=O) groups is 1. The van der Waals surface area contributed by atoms with Crippen molar-refractivity contribution in [3.8, 4) is 0 Å². The van der Waals surface area contributed by atoms with Crippen LogP contribution in [0.5, 0.6) is 0 Å². The molecule has 0 bridgehead atoms. The normalized spacial score (nSPS) is 20.1. The molecule has 2 aromatic rings. The van der Waals surface area contributed by atoms with Gasteiger partial charge in [0, 0.05) is 6.42 Å². The zero-order valence-electron chi connectivity index (χ0n) is 11.0. The molecule has 0 aliphatic heterocycles. The van der Waals surface area contributed by atoms with E-state index < -0.39 is 29.7 Å². The average Bonchev–Trinajstić information content (AvgIpc) is 2.78. The number of benzene rings is 2. The van der Waals surface area contributed by atoms with Crippen LogP contribution in [0.1, 0.15) is 27.5 Å². The Morgan fingerprint density at radius 2 is 1.90 bits per heavy atom. The highest BCUT2D eigenvalue weighted by Crippen LogP contribution is 2.31. The molecule has 5 heteroatoms. The van der Waals surface area contributed by atoms with Gasteiger partial charge in [0.2, 0.25) is 0 Å². The highest BCUT2D eigenvalue weighted by atomic mass is 19.2. The van der Waals surface area contributed by atoms with E-state index >= 15 is 0 Å². The summed E-state index contributed by atoms with van der Waals surface area (Å²) in [5, 5.41) is 12.6. The quantitative estimate of drug-likeness (QED) is 0.891. The Bertz CT molecular complexity index is 702. The third-order valence-electron chi connectivity index (χ3n) is 3.69. The van der Waals surface area contributed by atoms with E-state index in [-0.39, 0.29) is 5.56 Å². The number of amides is 1. The summed E-state index contributed by atoms with van der Waals surface area (Å²) < 4.78 is 26.8. The molecule has 108 valence electrons. The zero-order chi connectivity index (χ0) is 15.0. The standard InChI is InChI=1S/C16H13F2NO2/c17-12-7-3-6-11(14(12)18)16(21)19-15-10-5-2-1-4-9(10)8-13(15)20/h1-7,13,15,20H,8H2,(H,19,21)/t13-,15+/m0/s1. The molecule has 1 aliphatic rings. The lowest BCUT2D eigenvalue weighted by Gasteiger charge is -2.18. The van der Waals surface area contributed by atoms with E-state index in [1.807, 2.05) is 12.1 Å². The fourth-order valence-electron chi connectivity index (χ4n) is 2.65. The maximum absolute atomic E-state index is 13.6. The molecule has 0 spiro atoms. The molecular weight excluding hydrogens is 276 g/mol. The van der Waals surface area contributed by atoms with Crippen molar-refractivity contribution in [2.24, 2.45) is 0 Å². The fourth-order valence-corrected chi connectivity index (χ4v) is 2.65. The number of halogens is 2. The minimum absolute atomic E-state index is 0.369. The lowest BCUT2D eigenvalue weighted by molar-refractivity contribution is 0.0853. The van der Waals surface area contributed by atoms with E-state index in [0.717, 1.165) is 17.2 Å². The van der Waals surface area contributed by atoms with Gasteiger partial charge >= 0.3 is 0 Å². The highest BCUT2D eigenvalue weighted by Gasteiger charge is 2.32. The summed E-state index contributed by atoms with van der Waals surface area (Å²) in [6.45, 7) is 0. The molecular formula is C16H13F2NO2. The lowest BCUT2D eigenvalue weighted by Crippen LogP contribution is -2.34. The van der Waals surface area contributed by atoms with Crippen LogP contribution in [0, 0.1) is 11.6 Å². The summed E-state index contributed by atoms with van der Waals surface area (Å²) in [4.78, 5) is 12.1. The highest BCUT2D eigenvalue weighted by molar-refractivity contribution is 5.94. The maximum atomic E-state index is 13.6. The molecule has 0 radical (unpaired) electrons. The monoisotopic (exact) mass is 289 g/mol. The molecule has 0 unspecified atom stereocenters. The summed E-state index contributed by atoms with van der Waals surface area (Å²) in [5.41, 5.74) is 1.37. The number of hydrogen-bond acceptors (Lipinski definition) is 2. The number of aliphatic hydroxyl groups is 1. The first-order valence-corrected chi connectivity index (χ1v) is 6.58. The Kier molecular flexibility index (Phi) is 3.43. The van der Waals surface area contributed by atoms with Gasteiger partial charge in [-0.25, -0.2) is 8.78 Å². The van der Waals surface area contributed by atoms with Crippen LogP contribution in [0.4, 0.5) is 8.78 Å². The van der Waals surface area contributed by atoms with Gasteiger partial charge in [0.25, 0.3) is 5.91 Å². The molecule has 1 aliphatic carbocycles. The molecule has 2 atom stereocenters. The average molecular weight is 289 g/mol. The van der Waals surface area contributed by atoms with Crippen molar-refractivity contribution in [2.45, 2.75) is 18.6 Å². The van der Waals surface area contributed by atoms with Crippen molar-refractivity contribution in [3.63, 3.8) is 0 Å². The number of rotatable bonds is 2. The zero-order valence-corrected chi connectivity index (χ0v) is 11.0. The summed E-state index contributed by atoms with van der Waals surface area (Å²) in [6, 6.07) is 10.1. The van der Waals surface area contributed by atoms with Crippen LogP contribution in [0.3, 0.4) is 0 Å². The van der Waals surface area contributed by atoms with Gasteiger partial charge < -0.3 is 10.4 Å². The first-order valence-electron chi connectivity index (χ1n) is 6.58. The molecule has 0 saturated carbocycles. The van der Waals surface area contributed by atoms with Crippen LogP contribution in [0.15, 0.2) is 42.5 Å². The molecule has 21 heavy (non-hydrogen) atoms. The summed E-state index contributed by atoms with van der Waals surface area (Å²) >= 11 is 0. The molecule has 0 fully saturated rings. The second-order valence-electron chi connectivity index (χ2n) is 5.02. The number of nitrogens with one attached hydrogen (secondary N) is 1. The van der Waals surface area contributed by atoms with E-state index in [9.17, 15) is 18.7 Å². The summed E-state index contributed by atoms with van der Waals surface area (Å²) in [6.07, 6.45) is -0.352. The molecule has 0 saturated heterocycles. The minimum Gasteiger partial charge on any atom is -0.390 e. The first kappa shape index (κ1) is 13.7. The van der Waals surface area contributed by atoms with E-state index in [2.05, 4.69) is 5.32 Å². The topological polar surface area (TPSA) is 49.3 Å². The Balaban J connectivity index is 1.87. The molecule has 1 amide bonds. The first-order chi connectivity index (χ1) is 10.1. The summed E-state index contributed by atoms with van der Waals surface area (Å²) in [5.74, 6) is -3.00. The van der Waals surface area contributed by atoms with Crippen LogP contribution < -0.4 is 5.32 Å². The SMILES string of the molecule is O=C(N[C@@H]1c2ccccc2C[C@@H]1O)c1cccc(F)c1F. The summed E-state index contributed by atoms with van der Waals surface area (Å²) in [7, 11) is 0. The Morgan fingerprint density at radius 3 is 2.71 bits per heavy atom. The van der Waals surface area contributed by atoms with Gasteiger partial charge in [-0.15, -0.1) is 0 Å². The van der Waals surface area contributed by atoms with Gasteiger partial charge in [-0.3, -0.25) is 4.79 Å². The van der Waals surface area contributed by atoms with Crippen molar-refractivity contribution in [3.05, 3.63) is 70.8 Å². The number of aliphatic hydroxyl groups excluding tert-OH is 1. The van der Waals surface area contributed by atoms with Crippen LogP contribution in [-0.2, 0) is 6.42 Å². The van der Waals surface area contributed by atoms with Crippen LogP contribution in [0.25, 0.3) is 0 Å². The Morgan fingerprint density at radius 1 is 1.14 bits per heavy atom. The Labute approximate surface area is 120 Å². The molecule has 3 nitrogen and oxygen atoms in total. The number of carbonyl (C=O) groups excluding carboxylic acids is 1. The van der Waals surface area contributed by atoms with E-state index in [1.54, 1.807) is 12.1 Å². The predicted octanol–water partition coefficient (Wildman–Crippen LogP) is 2.35. The van der Waals surface area contributed by atoms with E-state index in [4.69, 9.17) is 0 Å². The fraction of sp³-hybridized carbons (Fsp3) is 0.188. The number of fused-ring (bicyclic) bond motifs is 1. The van der Waals surface area contributed by atoms with Crippen molar-refractivity contribution in [2.75, 3.05) is 0 Å². The molecule has 2 aromatic carbocycles. The second-order valence-corrected chi connectivity index (χ2v) is 5.02. The molecule has 3 rings (SSSR count). The third kappa shape index (κ3) is 2.40. The van der Waals surface area contributed by atoms with Crippen molar-refractivity contribution >= 4 is 5.91 Å². The van der Waals surface area contributed by atoms with Gasteiger partial charge in [0.15, 0.2) is 11.6 Å². The van der Waals surface area contributed by atoms with E-state index in [0.29, 0.717) is 6.42 Å². The van der Waals surface area contributed by atoms with Crippen LogP contribution >= 0.6 is 0 Å². The lowest BCUT2D eigenvalue weighted by atomic mass is 10.1. The molecule has 0 aromatic heterocycles. The van der Waals surface area contributed by atoms with Gasteiger partial charge in [-0.2, -0.15) is 0 Å². The van der Waals surface area contributed by atoms with Gasteiger partial charge in [0.05, 0.1) is 17.7 Å².